The van der Waals surface area contributed by atoms with Gasteiger partial charge >= 0.3 is 12.1 Å². The van der Waals surface area contributed by atoms with E-state index in [1.54, 1.807) is 6.07 Å². The third-order valence-corrected chi connectivity index (χ3v) is 4.52. The maximum absolute atomic E-state index is 12.8. The number of rotatable bonds is 7. The molecule has 1 fully saturated rings. The third kappa shape index (κ3) is 6.24. The van der Waals surface area contributed by atoms with Crippen LogP contribution < -0.4 is 10.6 Å². The highest BCUT2D eigenvalue weighted by molar-refractivity contribution is 5.78. The van der Waals surface area contributed by atoms with Crippen LogP contribution in [-0.2, 0) is 20.5 Å². The zero-order valence-corrected chi connectivity index (χ0v) is 14.4. The van der Waals surface area contributed by atoms with Crippen molar-refractivity contribution >= 4 is 17.6 Å². The van der Waals surface area contributed by atoms with E-state index < -0.39 is 30.2 Å². The molecule has 0 aliphatic carbocycles. The third-order valence-electron chi connectivity index (χ3n) is 4.52. The van der Waals surface area contributed by atoms with Crippen molar-refractivity contribution in [3.63, 3.8) is 0 Å². The van der Waals surface area contributed by atoms with Gasteiger partial charge in [-0.05, 0) is 49.8 Å². The number of carbonyl (C=O) groups is 2. The number of amides is 1. The molecule has 26 heavy (non-hydrogen) atoms. The molecule has 0 bridgehead atoms. The van der Waals surface area contributed by atoms with Crippen molar-refractivity contribution in [3.8, 4) is 0 Å². The molecule has 1 aliphatic heterocycles. The predicted molar refractivity (Wildman–Crippen MR) is 90.4 cm³/mol. The lowest BCUT2D eigenvalue weighted by Crippen LogP contribution is -2.33. The van der Waals surface area contributed by atoms with Gasteiger partial charge in [-0.3, -0.25) is 9.59 Å². The quantitative estimate of drug-likeness (QED) is 0.747. The summed E-state index contributed by atoms with van der Waals surface area (Å²) in [4.78, 5) is 23.9. The summed E-state index contributed by atoms with van der Waals surface area (Å²) in [6.07, 6.45) is -0.855. The molecule has 0 unspecified atom stereocenters. The van der Waals surface area contributed by atoms with Crippen LogP contribution in [0.1, 0.15) is 37.7 Å². The van der Waals surface area contributed by atoms with Gasteiger partial charge in [0.05, 0.1) is 5.56 Å². The van der Waals surface area contributed by atoms with Crippen LogP contribution in [-0.4, -0.2) is 31.6 Å². The number of esters is 1. The molecule has 0 aromatic heterocycles. The van der Waals surface area contributed by atoms with Crippen molar-refractivity contribution < 1.29 is 27.5 Å². The van der Waals surface area contributed by atoms with E-state index >= 15 is 0 Å². The monoisotopic (exact) mass is 372 g/mol. The van der Waals surface area contributed by atoms with Crippen LogP contribution in [0.15, 0.2) is 24.3 Å². The van der Waals surface area contributed by atoms with Gasteiger partial charge < -0.3 is 15.4 Å². The average Bonchev–Trinajstić information content (AvgIpc) is 2.60. The molecule has 0 saturated carbocycles. The van der Waals surface area contributed by atoms with E-state index in [0.29, 0.717) is 31.1 Å². The second kappa shape index (κ2) is 8.91. The molecule has 1 aromatic carbocycles. The molecule has 2 rings (SSSR count). The lowest BCUT2D eigenvalue weighted by molar-refractivity contribution is -0.147. The largest absolute Gasteiger partial charge is 0.456 e. The molecule has 5 nitrogen and oxygen atoms in total. The maximum atomic E-state index is 12.8. The van der Waals surface area contributed by atoms with E-state index in [9.17, 15) is 22.8 Å². The Morgan fingerprint density at radius 3 is 2.54 bits per heavy atom. The minimum absolute atomic E-state index is 0.237. The van der Waals surface area contributed by atoms with Crippen molar-refractivity contribution in [2.75, 3.05) is 24.6 Å². The van der Waals surface area contributed by atoms with E-state index in [4.69, 9.17) is 10.5 Å². The molecule has 1 aromatic rings. The Morgan fingerprint density at radius 2 is 1.92 bits per heavy atom. The van der Waals surface area contributed by atoms with Crippen LogP contribution >= 0.6 is 0 Å². The van der Waals surface area contributed by atoms with E-state index in [1.807, 2.05) is 4.90 Å². The van der Waals surface area contributed by atoms with Crippen LogP contribution in [0.2, 0.25) is 0 Å². The number of nitrogens with zero attached hydrogens (tertiary/aromatic N) is 1. The molecular weight excluding hydrogens is 349 g/mol. The van der Waals surface area contributed by atoms with E-state index in [2.05, 4.69) is 0 Å². The fourth-order valence-corrected chi connectivity index (χ4v) is 3.12. The average molecular weight is 372 g/mol. The first kappa shape index (κ1) is 20.1. The maximum Gasteiger partial charge on any atom is 0.416 e. The summed E-state index contributed by atoms with van der Waals surface area (Å²) >= 11 is 0. The highest BCUT2D eigenvalue weighted by Gasteiger charge is 2.31. The molecule has 0 radical (unpaired) electrons. The molecule has 2 N–H and O–H groups in total. The zero-order valence-electron chi connectivity index (χ0n) is 14.4. The molecule has 1 amide bonds. The van der Waals surface area contributed by atoms with Crippen molar-refractivity contribution in [2.45, 2.75) is 38.3 Å². The second-order valence-corrected chi connectivity index (χ2v) is 6.50. The fraction of sp³-hybridized carbons (Fsp3) is 0.556. The Kier molecular flexibility index (Phi) is 6.88. The highest BCUT2D eigenvalue weighted by atomic mass is 19.4. The van der Waals surface area contributed by atoms with Gasteiger partial charge in [0, 0.05) is 25.2 Å². The first-order valence-corrected chi connectivity index (χ1v) is 8.62. The van der Waals surface area contributed by atoms with Gasteiger partial charge in [0.25, 0.3) is 5.91 Å². The summed E-state index contributed by atoms with van der Waals surface area (Å²) in [6.45, 7) is 0.990. The molecule has 144 valence electrons. The van der Waals surface area contributed by atoms with Gasteiger partial charge in [0.15, 0.2) is 6.61 Å². The smallest absolute Gasteiger partial charge is 0.416 e. The van der Waals surface area contributed by atoms with Crippen LogP contribution in [0.4, 0.5) is 18.9 Å². The molecule has 1 aliphatic rings. The van der Waals surface area contributed by atoms with Gasteiger partial charge in [-0.1, -0.05) is 6.07 Å². The molecule has 0 spiro atoms. The number of hydrogen-bond acceptors (Lipinski definition) is 4. The number of alkyl halides is 3. The van der Waals surface area contributed by atoms with Crippen LogP contribution in [0, 0.1) is 5.92 Å². The van der Waals surface area contributed by atoms with Gasteiger partial charge in [-0.2, -0.15) is 13.2 Å². The molecule has 1 heterocycles. The number of hydrogen-bond donors (Lipinski definition) is 1. The van der Waals surface area contributed by atoms with Gasteiger partial charge in [0.1, 0.15) is 0 Å². The number of carbonyl (C=O) groups excluding carboxylic acids is 2. The summed E-state index contributed by atoms with van der Waals surface area (Å²) in [5.74, 6) is -0.688. The summed E-state index contributed by atoms with van der Waals surface area (Å²) < 4.78 is 43.1. The molecule has 0 atom stereocenters. The van der Waals surface area contributed by atoms with Crippen molar-refractivity contribution in [1.82, 2.24) is 0 Å². The van der Waals surface area contributed by atoms with E-state index in [1.165, 1.54) is 12.1 Å². The number of benzene rings is 1. The van der Waals surface area contributed by atoms with Gasteiger partial charge in [-0.25, -0.2) is 0 Å². The first-order valence-electron chi connectivity index (χ1n) is 8.62. The van der Waals surface area contributed by atoms with Crippen LogP contribution in [0.5, 0.6) is 0 Å². The first-order chi connectivity index (χ1) is 12.3. The van der Waals surface area contributed by atoms with Crippen LogP contribution in [0.25, 0.3) is 0 Å². The Labute approximate surface area is 150 Å². The number of nitrogens with two attached hydrogens (primary N) is 1. The number of halogens is 3. The zero-order chi connectivity index (χ0) is 19.2. The summed E-state index contributed by atoms with van der Waals surface area (Å²) in [7, 11) is 0. The standard InChI is InChI=1S/C18H23F3N2O3/c19-18(20,21)14-4-2-5-15(11-14)23-9-7-13(8-10-23)3-1-6-17(25)26-12-16(22)24/h2,4-5,11,13H,1,3,6-10,12H2,(H2,22,24). The summed E-state index contributed by atoms with van der Waals surface area (Å²) in [5, 5.41) is 0. The summed E-state index contributed by atoms with van der Waals surface area (Å²) in [6, 6.07) is 5.40. The van der Waals surface area contributed by atoms with E-state index in [-0.39, 0.29) is 6.42 Å². The molecule has 1 saturated heterocycles. The van der Waals surface area contributed by atoms with Gasteiger partial charge in [-0.15, -0.1) is 0 Å². The number of ether oxygens (including phenoxy) is 1. The Balaban J connectivity index is 1.74. The number of piperidine rings is 1. The Bertz CT molecular complexity index is 626. The number of anilines is 1. The number of primary amides is 1. The Morgan fingerprint density at radius 1 is 1.23 bits per heavy atom. The van der Waals surface area contributed by atoms with Crippen molar-refractivity contribution in [2.24, 2.45) is 11.7 Å². The Hall–Kier alpha value is -2.25. The van der Waals surface area contributed by atoms with Crippen molar-refractivity contribution in [1.29, 1.82) is 0 Å². The normalized spacial score (nSPS) is 15.7. The minimum Gasteiger partial charge on any atom is -0.456 e. The molecule has 8 heteroatoms. The minimum atomic E-state index is -4.34. The summed E-state index contributed by atoms with van der Waals surface area (Å²) in [5.41, 5.74) is 4.86. The SMILES string of the molecule is NC(=O)COC(=O)CCCC1CCN(c2cccc(C(F)(F)F)c2)CC1. The highest BCUT2D eigenvalue weighted by Crippen LogP contribution is 2.33. The van der Waals surface area contributed by atoms with Crippen LogP contribution in [0.3, 0.4) is 0 Å². The van der Waals surface area contributed by atoms with Crippen molar-refractivity contribution in [3.05, 3.63) is 29.8 Å². The molecular formula is C18H23F3N2O3. The van der Waals surface area contributed by atoms with Gasteiger partial charge in [0.2, 0.25) is 0 Å². The lowest BCUT2D eigenvalue weighted by atomic mass is 9.91. The van der Waals surface area contributed by atoms with E-state index in [0.717, 1.165) is 25.3 Å². The second-order valence-electron chi connectivity index (χ2n) is 6.50. The predicted octanol–water partition coefficient (Wildman–Crippen LogP) is 3.12. The lowest BCUT2D eigenvalue weighted by Gasteiger charge is -2.34. The topological polar surface area (TPSA) is 72.6 Å². The fourth-order valence-electron chi connectivity index (χ4n) is 3.12.